The fraction of sp³-hybridized carbons (Fsp3) is 0.467. The third-order valence-corrected chi connectivity index (χ3v) is 3.25. The molecule has 21 heavy (non-hydrogen) atoms. The largest absolute Gasteiger partial charge is 0.478 e. The van der Waals surface area contributed by atoms with Crippen LogP contribution in [0.5, 0.6) is 0 Å². The predicted molar refractivity (Wildman–Crippen MR) is 80.2 cm³/mol. The van der Waals surface area contributed by atoms with E-state index in [1.807, 2.05) is 6.92 Å². The summed E-state index contributed by atoms with van der Waals surface area (Å²) in [6.07, 6.45) is 0.372. The Hall–Kier alpha value is -1.92. The van der Waals surface area contributed by atoms with Crippen LogP contribution in [0.15, 0.2) is 12.1 Å². The van der Waals surface area contributed by atoms with Crippen LogP contribution >= 0.6 is 0 Å². The van der Waals surface area contributed by atoms with Crippen molar-refractivity contribution in [2.45, 2.75) is 20.3 Å². The van der Waals surface area contributed by atoms with Gasteiger partial charge < -0.3 is 20.8 Å². The van der Waals surface area contributed by atoms with Crippen molar-refractivity contribution >= 4 is 11.9 Å². The summed E-state index contributed by atoms with van der Waals surface area (Å²) in [5.74, 6) is -2.18. The molecule has 0 fully saturated rings. The van der Waals surface area contributed by atoms with Crippen LogP contribution in [0.25, 0.3) is 0 Å². The molecule has 116 valence electrons. The van der Waals surface area contributed by atoms with Crippen molar-refractivity contribution in [1.29, 1.82) is 0 Å². The molecule has 0 saturated heterocycles. The molecule has 6 heteroatoms. The van der Waals surface area contributed by atoms with Crippen molar-refractivity contribution in [1.82, 2.24) is 10.6 Å². The number of carboxylic acids is 2. The van der Waals surface area contributed by atoms with Crippen molar-refractivity contribution in [2.24, 2.45) is 0 Å². The first kappa shape index (κ1) is 17.1. The van der Waals surface area contributed by atoms with Crippen LogP contribution in [0.2, 0.25) is 0 Å². The molecule has 0 heterocycles. The van der Waals surface area contributed by atoms with Gasteiger partial charge in [-0.1, -0.05) is 13.0 Å². The van der Waals surface area contributed by atoms with Gasteiger partial charge in [0, 0.05) is 13.1 Å². The monoisotopic (exact) mass is 294 g/mol. The summed E-state index contributed by atoms with van der Waals surface area (Å²) in [6, 6.07) is 3.01. The number of aryl methyl sites for hydroxylation is 1. The average molecular weight is 294 g/mol. The second-order valence-corrected chi connectivity index (χ2v) is 4.75. The number of aromatic carboxylic acids is 2. The standard InChI is InChI=1S/C15H22N2O4/c1-3-16-8-9-17-7-6-11-12(14(18)19)5-4-10(2)13(11)15(20)21/h4-5,16-17H,3,6-9H2,1-2H3,(H,18,19)(H,20,21). The van der Waals surface area contributed by atoms with Gasteiger partial charge in [0.1, 0.15) is 0 Å². The third-order valence-electron chi connectivity index (χ3n) is 3.25. The number of nitrogens with one attached hydrogen (secondary N) is 2. The average Bonchev–Trinajstić information content (AvgIpc) is 2.41. The van der Waals surface area contributed by atoms with E-state index < -0.39 is 11.9 Å². The molecule has 1 aromatic carbocycles. The summed E-state index contributed by atoms with van der Waals surface area (Å²) < 4.78 is 0. The molecule has 0 aliphatic rings. The van der Waals surface area contributed by atoms with Gasteiger partial charge in [-0.3, -0.25) is 0 Å². The first-order valence-corrected chi connectivity index (χ1v) is 6.99. The normalized spacial score (nSPS) is 10.6. The van der Waals surface area contributed by atoms with Crippen LogP contribution < -0.4 is 10.6 Å². The van der Waals surface area contributed by atoms with Crippen molar-refractivity contribution in [3.63, 3.8) is 0 Å². The van der Waals surface area contributed by atoms with Gasteiger partial charge >= 0.3 is 11.9 Å². The van der Waals surface area contributed by atoms with Crippen LogP contribution in [0.1, 0.15) is 38.8 Å². The second-order valence-electron chi connectivity index (χ2n) is 4.75. The van der Waals surface area contributed by atoms with E-state index in [4.69, 9.17) is 0 Å². The molecule has 0 aromatic heterocycles. The van der Waals surface area contributed by atoms with Gasteiger partial charge in [-0.25, -0.2) is 9.59 Å². The quantitative estimate of drug-likeness (QED) is 0.510. The number of carbonyl (C=O) groups is 2. The molecule has 0 bridgehead atoms. The predicted octanol–water partition coefficient (Wildman–Crippen LogP) is 1.13. The fourth-order valence-corrected chi connectivity index (χ4v) is 2.21. The number of rotatable bonds is 9. The minimum Gasteiger partial charge on any atom is -0.478 e. The van der Waals surface area contributed by atoms with Gasteiger partial charge in [-0.05, 0) is 43.6 Å². The summed E-state index contributed by atoms with van der Waals surface area (Å²) in [7, 11) is 0. The molecule has 0 saturated carbocycles. The van der Waals surface area contributed by atoms with Gasteiger partial charge in [0.25, 0.3) is 0 Å². The molecule has 6 nitrogen and oxygen atoms in total. The smallest absolute Gasteiger partial charge is 0.336 e. The fourth-order valence-electron chi connectivity index (χ4n) is 2.21. The Morgan fingerprint density at radius 3 is 2.29 bits per heavy atom. The molecule has 1 aromatic rings. The van der Waals surface area contributed by atoms with Crippen molar-refractivity contribution in [2.75, 3.05) is 26.2 Å². The van der Waals surface area contributed by atoms with E-state index in [0.29, 0.717) is 24.1 Å². The molecule has 0 atom stereocenters. The maximum absolute atomic E-state index is 11.4. The maximum atomic E-state index is 11.4. The zero-order chi connectivity index (χ0) is 15.8. The van der Waals surface area contributed by atoms with Crippen molar-refractivity contribution < 1.29 is 19.8 Å². The van der Waals surface area contributed by atoms with E-state index >= 15 is 0 Å². The summed E-state index contributed by atoms with van der Waals surface area (Å²) >= 11 is 0. The number of hydrogen-bond donors (Lipinski definition) is 4. The van der Waals surface area contributed by atoms with Crippen molar-refractivity contribution in [3.8, 4) is 0 Å². The van der Waals surface area contributed by atoms with Gasteiger partial charge in [-0.15, -0.1) is 0 Å². The van der Waals surface area contributed by atoms with Gasteiger partial charge in [-0.2, -0.15) is 0 Å². The highest BCUT2D eigenvalue weighted by Gasteiger charge is 2.20. The first-order chi connectivity index (χ1) is 9.99. The topological polar surface area (TPSA) is 98.7 Å². The van der Waals surface area contributed by atoms with Gasteiger partial charge in [0.05, 0.1) is 11.1 Å². The Morgan fingerprint density at radius 1 is 1.05 bits per heavy atom. The number of carboxylic acid groups (broad SMARTS) is 2. The molecule has 4 N–H and O–H groups in total. The lowest BCUT2D eigenvalue weighted by Gasteiger charge is -2.13. The number of likely N-dealkylation sites (N-methyl/N-ethyl adjacent to an activating group) is 1. The zero-order valence-corrected chi connectivity index (χ0v) is 12.4. The molecule has 0 amide bonds. The van der Waals surface area contributed by atoms with E-state index in [1.54, 1.807) is 6.92 Å². The molecular formula is C15H22N2O4. The van der Waals surface area contributed by atoms with E-state index in [9.17, 15) is 19.8 Å². The second kappa shape index (κ2) is 8.39. The van der Waals surface area contributed by atoms with Crippen LogP contribution in [0, 0.1) is 6.92 Å². The summed E-state index contributed by atoms with van der Waals surface area (Å²) in [5.41, 5.74) is 1.12. The van der Waals surface area contributed by atoms with Crippen LogP contribution in [0.4, 0.5) is 0 Å². The Balaban J connectivity index is 2.84. The Kier molecular flexibility index (Phi) is 6.84. The first-order valence-electron chi connectivity index (χ1n) is 6.99. The van der Waals surface area contributed by atoms with Crippen LogP contribution in [0.3, 0.4) is 0 Å². The van der Waals surface area contributed by atoms with E-state index in [1.165, 1.54) is 12.1 Å². The lowest BCUT2D eigenvalue weighted by atomic mass is 9.94. The van der Waals surface area contributed by atoms with Crippen LogP contribution in [-0.4, -0.2) is 48.3 Å². The van der Waals surface area contributed by atoms with Crippen LogP contribution in [-0.2, 0) is 6.42 Å². The SMILES string of the molecule is CCNCCNCCc1c(C(=O)O)ccc(C)c1C(=O)O. The lowest BCUT2D eigenvalue weighted by Crippen LogP contribution is -2.29. The van der Waals surface area contributed by atoms with Crippen molar-refractivity contribution in [3.05, 3.63) is 34.4 Å². The van der Waals surface area contributed by atoms with E-state index in [-0.39, 0.29) is 11.1 Å². The number of hydrogen-bond acceptors (Lipinski definition) is 4. The highest BCUT2D eigenvalue weighted by Crippen LogP contribution is 2.20. The Morgan fingerprint density at radius 2 is 1.71 bits per heavy atom. The summed E-state index contributed by atoms with van der Waals surface area (Å²) in [4.78, 5) is 22.6. The summed E-state index contributed by atoms with van der Waals surface area (Å²) in [5, 5.41) is 24.9. The Labute approximate surface area is 124 Å². The minimum absolute atomic E-state index is 0.0616. The summed E-state index contributed by atoms with van der Waals surface area (Å²) in [6.45, 7) is 6.70. The van der Waals surface area contributed by atoms with Gasteiger partial charge in [0.15, 0.2) is 0 Å². The maximum Gasteiger partial charge on any atom is 0.336 e. The molecule has 0 unspecified atom stereocenters. The lowest BCUT2D eigenvalue weighted by molar-refractivity contribution is 0.0695. The van der Waals surface area contributed by atoms with Gasteiger partial charge in [0.2, 0.25) is 0 Å². The third kappa shape index (κ3) is 4.84. The van der Waals surface area contributed by atoms with E-state index in [2.05, 4.69) is 10.6 Å². The Bertz CT molecular complexity index is 515. The highest BCUT2D eigenvalue weighted by molar-refractivity contribution is 5.97. The highest BCUT2D eigenvalue weighted by atomic mass is 16.4. The molecule has 1 rings (SSSR count). The molecule has 0 spiro atoms. The molecule has 0 radical (unpaired) electrons. The molecular weight excluding hydrogens is 272 g/mol. The molecule has 0 aliphatic heterocycles. The zero-order valence-electron chi connectivity index (χ0n) is 12.4. The number of benzene rings is 1. The minimum atomic E-state index is -1.10. The van der Waals surface area contributed by atoms with E-state index in [0.717, 1.165) is 19.6 Å². The molecule has 0 aliphatic carbocycles.